The lowest BCUT2D eigenvalue weighted by Gasteiger charge is -2.21. The van der Waals surface area contributed by atoms with E-state index in [-0.39, 0.29) is 0 Å². The van der Waals surface area contributed by atoms with Gasteiger partial charge in [-0.05, 0) is 79.0 Å². The third-order valence-corrected chi connectivity index (χ3v) is 7.82. The van der Waals surface area contributed by atoms with Gasteiger partial charge in [0.2, 0.25) is 0 Å². The first-order chi connectivity index (χ1) is 18.9. The van der Waals surface area contributed by atoms with Crippen LogP contribution in [0.25, 0.3) is 77.3 Å². The fourth-order valence-electron chi connectivity index (χ4n) is 6.19. The Morgan fingerprint density at radius 3 is 1.74 bits per heavy atom. The monoisotopic (exact) mass is 481 g/mol. The molecule has 0 radical (unpaired) electrons. The highest BCUT2D eigenvalue weighted by atomic mass is 14.6. The van der Waals surface area contributed by atoms with Gasteiger partial charge in [0.15, 0.2) is 0 Å². The van der Waals surface area contributed by atoms with Crippen molar-refractivity contribution in [1.82, 2.24) is 4.98 Å². The molecule has 1 aliphatic rings. The Kier molecular flexibility index (Phi) is 4.59. The summed E-state index contributed by atoms with van der Waals surface area (Å²) in [5.41, 5.74) is 13.6. The van der Waals surface area contributed by atoms with E-state index in [1.165, 1.54) is 60.8 Å². The van der Waals surface area contributed by atoms with Crippen LogP contribution in [0, 0.1) is 0 Å². The Labute approximate surface area is 221 Å². The Morgan fingerprint density at radius 2 is 0.974 bits per heavy atom. The lowest BCUT2D eigenvalue weighted by Crippen LogP contribution is -1.95. The van der Waals surface area contributed by atoms with Gasteiger partial charge < -0.3 is 0 Å². The third-order valence-electron chi connectivity index (χ3n) is 7.82. The molecule has 1 heteroatoms. The lowest BCUT2D eigenvalue weighted by molar-refractivity contribution is 1.41. The van der Waals surface area contributed by atoms with Crippen molar-refractivity contribution in [3.05, 3.63) is 140 Å². The van der Waals surface area contributed by atoms with Gasteiger partial charge in [0.1, 0.15) is 0 Å². The van der Waals surface area contributed by atoms with Gasteiger partial charge in [-0.3, -0.25) is 4.98 Å². The van der Waals surface area contributed by atoms with Crippen molar-refractivity contribution in [3.63, 3.8) is 0 Å². The molecule has 7 aromatic rings. The number of rotatable bonds is 3. The maximum absolute atomic E-state index is 4.87. The van der Waals surface area contributed by atoms with Crippen LogP contribution in [-0.4, -0.2) is 4.98 Å². The van der Waals surface area contributed by atoms with Gasteiger partial charge in [0.05, 0.1) is 5.52 Å². The maximum atomic E-state index is 4.87. The molecule has 0 fully saturated rings. The molecule has 0 saturated carbocycles. The molecule has 0 atom stereocenters. The summed E-state index contributed by atoms with van der Waals surface area (Å²) in [6.45, 7) is 0. The molecule has 0 aliphatic heterocycles. The highest BCUT2D eigenvalue weighted by Gasteiger charge is 2.30. The third kappa shape index (κ3) is 3.09. The molecule has 176 valence electrons. The molecule has 0 saturated heterocycles. The Morgan fingerprint density at radius 1 is 0.368 bits per heavy atom. The summed E-state index contributed by atoms with van der Waals surface area (Å²) in [7, 11) is 0. The predicted molar refractivity (Wildman–Crippen MR) is 160 cm³/mol. The van der Waals surface area contributed by atoms with Gasteiger partial charge in [-0.1, -0.05) is 115 Å². The minimum atomic E-state index is 1.01. The van der Waals surface area contributed by atoms with E-state index in [4.69, 9.17) is 4.98 Å². The number of hydrogen-bond donors (Lipinski definition) is 0. The summed E-state index contributed by atoms with van der Waals surface area (Å²) < 4.78 is 0. The van der Waals surface area contributed by atoms with E-state index < -0.39 is 0 Å². The van der Waals surface area contributed by atoms with E-state index in [1.54, 1.807) is 0 Å². The number of para-hydroxylation sites is 1. The summed E-state index contributed by atoms with van der Waals surface area (Å²) in [6.07, 6.45) is 2.04. The highest BCUT2D eigenvalue weighted by molar-refractivity contribution is 6.22. The van der Waals surface area contributed by atoms with Crippen LogP contribution in [0.4, 0.5) is 0 Å². The fraction of sp³-hybridized carbons (Fsp3) is 0. The lowest BCUT2D eigenvalue weighted by atomic mass is 9.82. The second-order valence-electron chi connectivity index (χ2n) is 9.95. The van der Waals surface area contributed by atoms with Crippen molar-refractivity contribution in [2.75, 3.05) is 0 Å². The first-order valence-corrected chi connectivity index (χ1v) is 13.1. The topological polar surface area (TPSA) is 12.9 Å². The van der Waals surface area contributed by atoms with Crippen LogP contribution in [0.2, 0.25) is 0 Å². The van der Waals surface area contributed by atoms with Gasteiger partial charge >= 0.3 is 0 Å². The van der Waals surface area contributed by atoms with Crippen molar-refractivity contribution in [2.45, 2.75) is 0 Å². The number of benzene rings is 6. The molecule has 0 unspecified atom stereocenters. The minimum absolute atomic E-state index is 1.01. The summed E-state index contributed by atoms with van der Waals surface area (Å²) in [6, 6.07) is 48.1. The molecule has 1 heterocycles. The molecule has 0 N–H and O–H groups in total. The largest absolute Gasteiger partial charge is 0.256 e. The molecule has 0 amide bonds. The average molecular weight is 482 g/mol. The quantitative estimate of drug-likeness (QED) is 0.245. The average Bonchev–Trinajstić information content (AvgIpc) is 3.33. The standard InChI is InChI=1S/C37H23N/c1-3-11-24(12-4-1)31-22-32(28-21-27-15-7-8-20-33(27)38-23-28)35(26-13-5-2-6-14-26)37-30-19-10-17-25-16-9-18-29(34(25)30)36(31)37/h1-23H. The van der Waals surface area contributed by atoms with Crippen LogP contribution in [0.5, 0.6) is 0 Å². The summed E-state index contributed by atoms with van der Waals surface area (Å²) in [5, 5.41) is 3.77. The molecular weight excluding hydrogens is 458 g/mol. The number of pyridine rings is 1. The predicted octanol–water partition coefficient (Wildman–Crippen LogP) is 10.0. The van der Waals surface area contributed by atoms with E-state index in [0.717, 1.165) is 16.5 Å². The summed E-state index contributed by atoms with van der Waals surface area (Å²) >= 11 is 0. The van der Waals surface area contributed by atoms with Crippen molar-refractivity contribution in [3.8, 4) is 55.6 Å². The van der Waals surface area contributed by atoms with Crippen LogP contribution >= 0.6 is 0 Å². The van der Waals surface area contributed by atoms with Gasteiger partial charge in [0, 0.05) is 17.1 Å². The molecule has 8 rings (SSSR count). The SMILES string of the molecule is c1ccc(-c2cc(-c3cnc4ccccc4c3)c(-c3ccccc3)c3c2-c2cccc4cccc-3c24)cc1. The number of nitrogens with zero attached hydrogens (tertiary/aromatic N) is 1. The molecule has 0 bridgehead atoms. The fourth-order valence-corrected chi connectivity index (χ4v) is 6.19. The van der Waals surface area contributed by atoms with Crippen molar-refractivity contribution in [2.24, 2.45) is 0 Å². The number of hydrogen-bond acceptors (Lipinski definition) is 1. The van der Waals surface area contributed by atoms with Gasteiger partial charge in [0.25, 0.3) is 0 Å². The van der Waals surface area contributed by atoms with Gasteiger partial charge in [-0.25, -0.2) is 0 Å². The molecule has 1 nitrogen and oxygen atoms in total. The van der Waals surface area contributed by atoms with Crippen molar-refractivity contribution >= 4 is 21.7 Å². The smallest absolute Gasteiger partial charge is 0.0702 e. The van der Waals surface area contributed by atoms with Crippen LogP contribution in [0.3, 0.4) is 0 Å². The Hall–Kier alpha value is -5.01. The molecular formula is C37H23N. The maximum Gasteiger partial charge on any atom is 0.0702 e. The molecule has 6 aromatic carbocycles. The second kappa shape index (κ2) is 8.26. The van der Waals surface area contributed by atoms with Crippen LogP contribution in [0.1, 0.15) is 0 Å². The molecule has 38 heavy (non-hydrogen) atoms. The van der Waals surface area contributed by atoms with E-state index in [1.807, 2.05) is 12.3 Å². The van der Waals surface area contributed by atoms with Crippen molar-refractivity contribution < 1.29 is 0 Å². The zero-order valence-corrected chi connectivity index (χ0v) is 20.7. The van der Waals surface area contributed by atoms with Crippen LogP contribution in [-0.2, 0) is 0 Å². The molecule has 0 spiro atoms. The minimum Gasteiger partial charge on any atom is -0.256 e. The normalized spacial score (nSPS) is 11.7. The molecule has 1 aromatic heterocycles. The number of fused-ring (bicyclic) bond motifs is 4. The first kappa shape index (κ1) is 21.1. The van der Waals surface area contributed by atoms with Gasteiger partial charge in [-0.2, -0.15) is 0 Å². The summed E-state index contributed by atoms with van der Waals surface area (Å²) in [5.74, 6) is 0. The van der Waals surface area contributed by atoms with E-state index in [9.17, 15) is 0 Å². The van der Waals surface area contributed by atoms with Crippen LogP contribution in [0.15, 0.2) is 140 Å². The first-order valence-electron chi connectivity index (χ1n) is 13.1. The van der Waals surface area contributed by atoms with Crippen molar-refractivity contribution in [1.29, 1.82) is 0 Å². The Bertz CT molecular complexity index is 2000. The molecule has 1 aliphatic carbocycles. The van der Waals surface area contributed by atoms with E-state index >= 15 is 0 Å². The van der Waals surface area contributed by atoms with Gasteiger partial charge in [-0.15, -0.1) is 0 Å². The summed E-state index contributed by atoms with van der Waals surface area (Å²) in [4.78, 5) is 4.87. The van der Waals surface area contributed by atoms with Crippen LogP contribution < -0.4 is 0 Å². The van der Waals surface area contributed by atoms with E-state index in [2.05, 4.69) is 127 Å². The zero-order valence-electron chi connectivity index (χ0n) is 20.7. The second-order valence-corrected chi connectivity index (χ2v) is 9.95. The highest BCUT2D eigenvalue weighted by Crippen LogP contribution is 2.57. The number of aromatic nitrogens is 1. The zero-order chi connectivity index (χ0) is 25.1. The Balaban J connectivity index is 1.57. The van der Waals surface area contributed by atoms with E-state index in [0.29, 0.717) is 0 Å².